The quantitative estimate of drug-likeness (QED) is 0.461. The second-order valence-corrected chi connectivity index (χ2v) is 12.4. The second-order valence-electron chi connectivity index (χ2n) is 8.11. The van der Waals surface area contributed by atoms with Crippen molar-refractivity contribution in [1.82, 2.24) is 0 Å². The van der Waals surface area contributed by atoms with Crippen LogP contribution in [0.25, 0.3) is 0 Å². The molecule has 0 radical (unpaired) electrons. The molecule has 1 N–H and O–H groups in total. The number of carbonyl (C=O) groups is 2. The lowest BCUT2D eigenvalue weighted by atomic mass is 10.1. The minimum atomic E-state index is -1.60. The van der Waals surface area contributed by atoms with E-state index in [1.165, 1.54) is 19.1 Å². The molecule has 6 heteroatoms. The number of amides is 1. The Morgan fingerprint density at radius 1 is 1.10 bits per heavy atom. The predicted octanol–water partition coefficient (Wildman–Crippen LogP) is 5.46. The summed E-state index contributed by atoms with van der Waals surface area (Å²) >= 11 is 0. The van der Waals surface area contributed by atoms with E-state index < -0.39 is 13.2 Å². The van der Waals surface area contributed by atoms with Gasteiger partial charge in [0.2, 0.25) is 0 Å². The first-order valence-electron chi connectivity index (χ1n) is 10.9. The highest BCUT2D eigenvalue weighted by Gasteiger charge is 2.49. The van der Waals surface area contributed by atoms with Crippen LogP contribution >= 0.6 is 7.26 Å². The molecule has 1 amide bonds. The number of rotatable bonds is 7. The standard InChI is InChI=1S/C25H29N2O3P/c1-3-22(31(15-8-5-9-16-31)18-19-11-6-4-7-12-19)24(28)27-23-20(17-26)13-10-14-21(23)25(29)30-2/h4,6-7,10-14,22H,3,5,8-9,15-16,18H2,1-2H3/p+1. The highest BCUT2D eigenvalue weighted by atomic mass is 31.2. The Hall–Kier alpha value is -2.70. The number of carbonyl (C=O) groups excluding carboxylic acids is 2. The van der Waals surface area contributed by atoms with Crippen molar-refractivity contribution in [3.63, 3.8) is 0 Å². The van der Waals surface area contributed by atoms with E-state index in [4.69, 9.17) is 4.74 Å². The van der Waals surface area contributed by atoms with Gasteiger partial charge >= 0.3 is 5.97 Å². The van der Waals surface area contributed by atoms with Crippen LogP contribution in [-0.4, -0.2) is 37.0 Å². The number of methoxy groups -OCH3 is 1. The van der Waals surface area contributed by atoms with Crippen LogP contribution < -0.4 is 5.32 Å². The van der Waals surface area contributed by atoms with Gasteiger partial charge < -0.3 is 10.1 Å². The molecule has 1 unspecified atom stereocenters. The Morgan fingerprint density at radius 2 is 1.81 bits per heavy atom. The average molecular weight is 438 g/mol. The van der Waals surface area contributed by atoms with E-state index in [2.05, 4.69) is 42.6 Å². The Kier molecular flexibility index (Phi) is 7.82. The number of anilines is 1. The maximum atomic E-state index is 13.6. The van der Waals surface area contributed by atoms with Crippen LogP contribution in [0.4, 0.5) is 5.69 Å². The third kappa shape index (κ3) is 5.14. The fourth-order valence-corrected chi connectivity index (χ4v) is 10.1. The molecule has 0 saturated carbocycles. The number of nitrogens with zero attached hydrogens (tertiary/aromatic N) is 1. The fraction of sp³-hybridized carbons (Fsp3) is 0.400. The lowest BCUT2D eigenvalue weighted by molar-refractivity contribution is -0.115. The minimum Gasteiger partial charge on any atom is -0.465 e. The van der Waals surface area contributed by atoms with Crippen molar-refractivity contribution in [2.24, 2.45) is 0 Å². The van der Waals surface area contributed by atoms with Crippen LogP contribution in [-0.2, 0) is 15.7 Å². The molecule has 3 rings (SSSR count). The van der Waals surface area contributed by atoms with Crippen LogP contribution in [0.1, 0.15) is 54.1 Å². The van der Waals surface area contributed by atoms with Gasteiger partial charge in [-0.3, -0.25) is 4.79 Å². The zero-order valence-electron chi connectivity index (χ0n) is 18.3. The SMILES string of the molecule is CCC(C(=O)Nc1c(C#N)cccc1C(=O)OC)[P+]1(Cc2ccccc2)CCCCC1. The van der Waals surface area contributed by atoms with Gasteiger partial charge in [0.05, 0.1) is 42.4 Å². The topological polar surface area (TPSA) is 79.2 Å². The van der Waals surface area contributed by atoms with Gasteiger partial charge in [0, 0.05) is 7.26 Å². The molecule has 0 aliphatic carbocycles. The summed E-state index contributed by atoms with van der Waals surface area (Å²) in [6, 6.07) is 17.4. The smallest absolute Gasteiger partial charge is 0.340 e. The Morgan fingerprint density at radius 3 is 2.42 bits per heavy atom. The molecular formula is C25H30N2O3P+. The first kappa shape index (κ1) is 23.0. The van der Waals surface area contributed by atoms with Gasteiger partial charge in [0.25, 0.3) is 5.91 Å². The van der Waals surface area contributed by atoms with Gasteiger partial charge in [0.1, 0.15) is 11.7 Å². The number of benzene rings is 2. The summed E-state index contributed by atoms with van der Waals surface area (Å²) in [7, 11) is -0.300. The molecule has 1 saturated heterocycles. The van der Waals surface area contributed by atoms with Crippen molar-refractivity contribution < 1.29 is 14.3 Å². The number of hydrogen-bond donors (Lipinski definition) is 1. The predicted molar refractivity (Wildman–Crippen MR) is 126 cm³/mol. The van der Waals surface area contributed by atoms with E-state index in [1.54, 1.807) is 18.2 Å². The fourth-order valence-electron chi connectivity index (χ4n) is 4.76. The average Bonchev–Trinajstić information content (AvgIpc) is 2.80. The van der Waals surface area contributed by atoms with Crippen LogP contribution in [0.5, 0.6) is 0 Å². The normalized spacial score (nSPS) is 16.0. The first-order chi connectivity index (χ1) is 15.0. The molecule has 1 aliphatic heterocycles. The zero-order valence-corrected chi connectivity index (χ0v) is 19.2. The van der Waals surface area contributed by atoms with Crippen molar-refractivity contribution in [1.29, 1.82) is 5.26 Å². The van der Waals surface area contributed by atoms with Crippen LogP contribution in [0.3, 0.4) is 0 Å². The Labute approximate surface area is 185 Å². The highest BCUT2D eigenvalue weighted by Crippen LogP contribution is 2.69. The van der Waals surface area contributed by atoms with E-state index >= 15 is 0 Å². The van der Waals surface area contributed by atoms with Gasteiger partial charge in [-0.2, -0.15) is 5.26 Å². The number of ether oxygens (including phenoxy) is 1. The monoisotopic (exact) mass is 437 g/mol. The number of nitriles is 1. The maximum Gasteiger partial charge on any atom is 0.340 e. The molecule has 0 aromatic heterocycles. The summed E-state index contributed by atoms with van der Waals surface area (Å²) in [5, 5.41) is 12.5. The summed E-state index contributed by atoms with van der Waals surface area (Å²) in [5.41, 5.74) is 1.92. The summed E-state index contributed by atoms with van der Waals surface area (Å²) in [6.45, 7) is 2.07. The molecule has 162 valence electrons. The van der Waals surface area contributed by atoms with Gasteiger partial charge in [-0.25, -0.2) is 4.79 Å². The third-order valence-electron chi connectivity index (χ3n) is 6.24. The number of hydrogen-bond acceptors (Lipinski definition) is 4. The second kappa shape index (κ2) is 10.6. The Bertz CT molecular complexity index is 962. The van der Waals surface area contributed by atoms with E-state index in [1.807, 2.05) is 6.07 Å². The number of esters is 1. The van der Waals surface area contributed by atoms with Gasteiger partial charge in [0.15, 0.2) is 0 Å². The lowest BCUT2D eigenvalue weighted by Gasteiger charge is -2.36. The van der Waals surface area contributed by atoms with Gasteiger partial charge in [-0.15, -0.1) is 0 Å². The molecule has 1 aliphatic rings. The minimum absolute atomic E-state index is 0.0819. The third-order valence-corrected chi connectivity index (χ3v) is 11.6. The molecular weight excluding hydrogens is 407 g/mol. The van der Waals surface area contributed by atoms with Crippen molar-refractivity contribution in [2.75, 3.05) is 24.8 Å². The van der Waals surface area contributed by atoms with E-state index in [0.717, 1.165) is 37.7 Å². The molecule has 0 spiro atoms. The summed E-state index contributed by atoms with van der Waals surface area (Å²) in [5.74, 6) is -0.645. The maximum absolute atomic E-state index is 13.6. The largest absolute Gasteiger partial charge is 0.465 e. The van der Waals surface area contributed by atoms with Crippen LogP contribution in [0.2, 0.25) is 0 Å². The molecule has 0 bridgehead atoms. The molecule has 5 nitrogen and oxygen atoms in total. The molecule has 1 heterocycles. The summed E-state index contributed by atoms with van der Waals surface area (Å²) in [4.78, 5) is 25.9. The molecule has 1 fully saturated rings. The molecule has 31 heavy (non-hydrogen) atoms. The van der Waals surface area contributed by atoms with Crippen LogP contribution in [0.15, 0.2) is 48.5 Å². The van der Waals surface area contributed by atoms with E-state index in [0.29, 0.717) is 0 Å². The first-order valence-corrected chi connectivity index (χ1v) is 13.3. The number of nitrogens with one attached hydrogen (secondary N) is 1. The lowest BCUT2D eigenvalue weighted by Crippen LogP contribution is -2.35. The molecule has 2 aromatic rings. The highest BCUT2D eigenvalue weighted by molar-refractivity contribution is 7.76. The van der Waals surface area contributed by atoms with Gasteiger partial charge in [-0.05, 0) is 43.4 Å². The van der Waals surface area contributed by atoms with E-state index in [9.17, 15) is 14.9 Å². The Balaban J connectivity index is 1.95. The van der Waals surface area contributed by atoms with Crippen LogP contribution in [0, 0.1) is 11.3 Å². The molecule has 2 aromatic carbocycles. The van der Waals surface area contributed by atoms with E-state index in [-0.39, 0.29) is 28.4 Å². The number of para-hydroxylation sites is 1. The molecule has 1 atom stereocenters. The van der Waals surface area contributed by atoms with Crippen molar-refractivity contribution in [3.8, 4) is 6.07 Å². The van der Waals surface area contributed by atoms with Crippen molar-refractivity contribution in [3.05, 3.63) is 65.2 Å². The zero-order chi connectivity index (χ0) is 22.3. The van der Waals surface area contributed by atoms with Gasteiger partial charge in [-0.1, -0.05) is 43.3 Å². The van der Waals surface area contributed by atoms with Crippen molar-refractivity contribution >= 4 is 24.8 Å². The van der Waals surface area contributed by atoms with Crippen molar-refractivity contribution in [2.45, 2.75) is 44.4 Å². The summed E-state index contributed by atoms with van der Waals surface area (Å²) < 4.78 is 4.87. The summed E-state index contributed by atoms with van der Waals surface area (Å²) in [6.07, 6.45) is 7.46.